The molecule has 2 N–H and O–H groups in total. The number of rotatable bonds is 1. The third-order valence-electron chi connectivity index (χ3n) is 1.21. The van der Waals surface area contributed by atoms with Crippen LogP contribution >= 0.6 is 10.2 Å². The van der Waals surface area contributed by atoms with E-state index in [4.69, 9.17) is 5.14 Å². The van der Waals surface area contributed by atoms with Gasteiger partial charge in [-0.05, 0) is 17.8 Å². The molecule has 0 aromatic heterocycles. The van der Waals surface area contributed by atoms with Gasteiger partial charge in [0.05, 0.1) is 0 Å². The van der Waals surface area contributed by atoms with Crippen LogP contribution in [0.3, 0.4) is 0 Å². The Kier molecular flexibility index (Phi) is 2.14. The van der Waals surface area contributed by atoms with Crippen LogP contribution < -0.4 is 5.14 Å². The zero-order valence-electron chi connectivity index (χ0n) is 5.56. The fourth-order valence-corrected chi connectivity index (χ4v) is 0. The first-order chi connectivity index (χ1) is 2.94. The third kappa shape index (κ3) is 2.94. The van der Waals surface area contributed by atoms with Crippen molar-refractivity contribution in [2.45, 2.75) is 19.1 Å². The molecule has 2 heteroatoms. The van der Waals surface area contributed by atoms with Gasteiger partial charge in [-0.2, -0.15) is 10.2 Å². The lowest BCUT2D eigenvalue weighted by atomic mass is 10.6. The normalized spacial score (nSPS) is 15.1. The van der Waals surface area contributed by atoms with E-state index in [-0.39, 0.29) is 0 Å². The first kappa shape index (κ1) is 7.31. The molecular weight excluding hydrogens is 106 g/mol. The van der Waals surface area contributed by atoms with Gasteiger partial charge in [-0.1, -0.05) is 13.8 Å². The predicted molar refractivity (Wildman–Crippen MR) is 38.8 cm³/mol. The predicted octanol–water partition coefficient (Wildman–Crippen LogP) is 1.33. The summed E-state index contributed by atoms with van der Waals surface area (Å²) >= 11 is 0. The SMILES string of the molecule is CC(C)S(C)(C)N. The van der Waals surface area contributed by atoms with Crippen LogP contribution in [0.15, 0.2) is 0 Å². The largest absolute Gasteiger partial charge is 0.294 e. The second-order valence-electron chi connectivity index (χ2n) is 2.54. The van der Waals surface area contributed by atoms with Gasteiger partial charge in [0.1, 0.15) is 0 Å². The zero-order valence-corrected chi connectivity index (χ0v) is 6.38. The maximum absolute atomic E-state index is 5.76. The van der Waals surface area contributed by atoms with Crippen molar-refractivity contribution >= 4 is 10.2 Å². The Bertz CT molecular complexity index is 53.6. The monoisotopic (exact) mass is 121 g/mol. The number of hydrogen-bond donors (Lipinski definition) is 1. The van der Waals surface area contributed by atoms with Crippen LogP contribution in [0.4, 0.5) is 0 Å². The molecule has 0 radical (unpaired) electrons. The summed E-state index contributed by atoms with van der Waals surface area (Å²) in [6.07, 6.45) is 4.25. The van der Waals surface area contributed by atoms with Crippen molar-refractivity contribution in [2.75, 3.05) is 12.5 Å². The van der Waals surface area contributed by atoms with Crippen molar-refractivity contribution in [1.29, 1.82) is 0 Å². The number of nitrogens with two attached hydrogens (primary N) is 1. The Hall–Kier alpha value is 0.310. The van der Waals surface area contributed by atoms with E-state index in [0.29, 0.717) is 5.25 Å². The van der Waals surface area contributed by atoms with Gasteiger partial charge < -0.3 is 0 Å². The molecular formula is C5H15NS. The van der Waals surface area contributed by atoms with Crippen LogP contribution in [0.1, 0.15) is 13.8 Å². The molecule has 0 aliphatic heterocycles. The second-order valence-corrected chi connectivity index (χ2v) is 6.45. The van der Waals surface area contributed by atoms with Crippen LogP contribution in [-0.4, -0.2) is 17.8 Å². The molecule has 0 aromatic rings. The standard InChI is InChI=1S/C5H15NS/c1-5(2)7(3,4)6/h5H,6H2,1-4H3. The Morgan fingerprint density at radius 3 is 1.43 bits per heavy atom. The molecule has 0 amide bonds. The molecule has 0 heterocycles. The average Bonchev–Trinajstić information content (AvgIpc) is 1.31. The van der Waals surface area contributed by atoms with E-state index in [0.717, 1.165) is 0 Å². The van der Waals surface area contributed by atoms with Crippen LogP contribution in [0, 0.1) is 0 Å². The summed E-state index contributed by atoms with van der Waals surface area (Å²) in [6.45, 7) is 4.32. The summed E-state index contributed by atoms with van der Waals surface area (Å²) in [5.74, 6) is 0. The lowest BCUT2D eigenvalue weighted by Crippen LogP contribution is -2.16. The first-order valence-electron chi connectivity index (χ1n) is 2.44. The van der Waals surface area contributed by atoms with Crippen molar-refractivity contribution in [1.82, 2.24) is 0 Å². The minimum atomic E-state index is -0.741. The smallest absolute Gasteiger partial charge is 0.00593 e. The number of hydrogen-bond acceptors (Lipinski definition) is 1. The fraction of sp³-hybridized carbons (Fsp3) is 1.00. The highest BCUT2D eigenvalue weighted by Gasteiger charge is 2.07. The summed E-state index contributed by atoms with van der Waals surface area (Å²) in [5, 5.41) is 6.42. The molecule has 0 rings (SSSR count). The van der Waals surface area contributed by atoms with Gasteiger partial charge in [-0.25, -0.2) is 0 Å². The highest BCUT2D eigenvalue weighted by molar-refractivity contribution is 8.31. The molecule has 0 fully saturated rings. The molecule has 1 nitrogen and oxygen atoms in total. The molecule has 0 bridgehead atoms. The van der Waals surface area contributed by atoms with Gasteiger partial charge in [-0.15, -0.1) is 0 Å². The Balaban J connectivity index is 3.54. The van der Waals surface area contributed by atoms with E-state index in [1.165, 1.54) is 0 Å². The van der Waals surface area contributed by atoms with E-state index in [1.54, 1.807) is 0 Å². The summed E-state index contributed by atoms with van der Waals surface area (Å²) in [4.78, 5) is 0. The van der Waals surface area contributed by atoms with E-state index >= 15 is 0 Å². The molecule has 0 saturated carbocycles. The summed E-state index contributed by atoms with van der Waals surface area (Å²) < 4.78 is 0. The van der Waals surface area contributed by atoms with Gasteiger partial charge in [0.15, 0.2) is 0 Å². The van der Waals surface area contributed by atoms with Crippen molar-refractivity contribution in [3.8, 4) is 0 Å². The fourth-order valence-electron chi connectivity index (χ4n) is 0. The first-order valence-corrected chi connectivity index (χ1v) is 5.02. The van der Waals surface area contributed by atoms with E-state index < -0.39 is 10.2 Å². The quantitative estimate of drug-likeness (QED) is 0.556. The lowest BCUT2D eigenvalue weighted by molar-refractivity contribution is 1.09. The van der Waals surface area contributed by atoms with Crippen LogP contribution in [0.25, 0.3) is 0 Å². The summed E-state index contributed by atoms with van der Waals surface area (Å²) in [6, 6.07) is 0. The van der Waals surface area contributed by atoms with E-state index in [9.17, 15) is 0 Å². The molecule has 0 unspecified atom stereocenters. The molecule has 0 aliphatic carbocycles. The highest BCUT2D eigenvalue weighted by atomic mass is 32.3. The van der Waals surface area contributed by atoms with Crippen molar-refractivity contribution in [3.05, 3.63) is 0 Å². The molecule has 46 valence electrons. The minimum absolute atomic E-state index is 0.660. The maximum atomic E-state index is 5.76. The Morgan fingerprint density at radius 2 is 1.43 bits per heavy atom. The Labute approximate surface area is 47.7 Å². The maximum Gasteiger partial charge on any atom is -0.00593 e. The van der Waals surface area contributed by atoms with Crippen LogP contribution in [0.2, 0.25) is 0 Å². The van der Waals surface area contributed by atoms with E-state index in [2.05, 4.69) is 26.4 Å². The van der Waals surface area contributed by atoms with E-state index in [1.807, 2.05) is 0 Å². The minimum Gasteiger partial charge on any atom is -0.294 e. The molecule has 7 heavy (non-hydrogen) atoms. The van der Waals surface area contributed by atoms with Gasteiger partial charge in [-0.3, -0.25) is 5.14 Å². The van der Waals surface area contributed by atoms with Gasteiger partial charge in [0, 0.05) is 0 Å². The van der Waals surface area contributed by atoms with Gasteiger partial charge >= 0.3 is 0 Å². The molecule has 0 spiro atoms. The third-order valence-corrected chi connectivity index (χ3v) is 3.64. The zero-order chi connectivity index (χ0) is 6.08. The van der Waals surface area contributed by atoms with Gasteiger partial charge in [0.25, 0.3) is 0 Å². The lowest BCUT2D eigenvalue weighted by Gasteiger charge is -2.29. The van der Waals surface area contributed by atoms with Crippen LogP contribution in [-0.2, 0) is 0 Å². The molecule has 0 aliphatic rings. The molecule has 0 atom stereocenters. The summed E-state index contributed by atoms with van der Waals surface area (Å²) in [7, 11) is -0.741. The van der Waals surface area contributed by atoms with Crippen molar-refractivity contribution in [3.63, 3.8) is 0 Å². The second kappa shape index (κ2) is 2.05. The van der Waals surface area contributed by atoms with Crippen molar-refractivity contribution < 1.29 is 0 Å². The Morgan fingerprint density at radius 1 is 1.29 bits per heavy atom. The summed E-state index contributed by atoms with van der Waals surface area (Å²) in [5.41, 5.74) is 0. The van der Waals surface area contributed by atoms with Crippen molar-refractivity contribution in [2.24, 2.45) is 5.14 Å². The average molecular weight is 121 g/mol. The van der Waals surface area contributed by atoms with Gasteiger partial charge in [0.2, 0.25) is 0 Å². The molecule has 0 saturated heterocycles. The highest BCUT2D eigenvalue weighted by Crippen LogP contribution is 2.34. The topological polar surface area (TPSA) is 26.0 Å². The van der Waals surface area contributed by atoms with Crippen LogP contribution in [0.5, 0.6) is 0 Å². The molecule has 0 aromatic carbocycles.